The zero-order chi connectivity index (χ0) is 22.9. The highest BCUT2D eigenvalue weighted by Crippen LogP contribution is 2.39. The second-order valence-electron chi connectivity index (χ2n) is 8.26. The summed E-state index contributed by atoms with van der Waals surface area (Å²) < 4.78 is 5.76. The lowest BCUT2D eigenvalue weighted by atomic mass is 9.94. The minimum Gasteiger partial charge on any atom is -0.334 e. The second-order valence-corrected chi connectivity index (χ2v) is 8.26. The Morgan fingerprint density at radius 3 is 2.36 bits per heavy atom. The predicted molar refractivity (Wildman–Crippen MR) is 128 cm³/mol. The summed E-state index contributed by atoms with van der Waals surface area (Å²) in [5.74, 6) is 0.894. The van der Waals surface area contributed by atoms with Crippen LogP contribution in [-0.4, -0.2) is 16.2 Å². The van der Waals surface area contributed by atoms with Crippen molar-refractivity contribution in [3.05, 3.63) is 107 Å². The summed E-state index contributed by atoms with van der Waals surface area (Å²) in [6, 6.07) is 25.0. The van der Waals surface area contributed by atoms with Crippen molar-refractivity contribution in [2.75, 3.05) is 4.90 Å². The Bertz CT molecular complexity index is 1340. The van der Waals surface area contributed by atoms with Crippen molar-refractivity contribution in [2.45, 2.75) is 26.8 Å². The van der Waals surface area contributed by atoms with E-state index in [0.29, 0.717) is 11.7 Å². The number of aromatic nitrogens is 2. The van der Waals surface area contributed by atoms with E-state index in [2.05, 4.69) is 10.5 Å². The second kappa shape index (κ2) is 8.39. The van der Waals surface area contributed by atoms with Crippen LogP contribution in [0.15, 0.2) is 89.1 Å². The minimum absolute atomic E-state index is 0.200. The SMILES string of the molecule is CC1=C(c2nc(-c3ccc(C)cc3)no2)C(c2ccccc2)NC(=O)N1c1cccc(C)c1. The summed E-state index contributed by atoms with van der Waals surface area (Å²) in [4.78, 5) is 19.6. The highest BCUT2D eigenvalue weighted by molar-refractivity contribution is 6.01. The lowest BCUT2D eigenvalue weighted by Crippen LogP contribution is -2.46. The number of carbonyl (C=O) groups excluding carboxylic acids is 1. The van der Waals surface area contributed by atoms with Crippen LogP contribution in [0.2, 0.25) is 0 Å². The predicted octanol–water partition coefficient (Wildman–Crippen LogP) is 6.06. The first-order valence-electron chi connectivity index (χ1n) is 10.9. The van der Waals surface area contributed by atoms with E-state index in [-0.39, 0.29) is 6.03 Å². The molecule has 5 rings (SSSR count). The van der Waals surface area contributed by atoms with Crippen LogP contribution in [0.4, 0.5) is 10.5 Å². The number of hydrogen-bond donors (Lipinski definition) is 1. The number of nitrogens with zero attached hydrogens (tertiary/aromatic N) is 3. The first-order chi connectivity index (χ1) is 16.0. The molecule has 0 fully saturated rings. The van der Waals surface area contributed by atoms with Crippen LogP contribution in [0.5, 0.6) is 0 Å². The number of aryl methyl sites for hydroxylation is 2. The van der Waals surface area contributed by atoms with Gasteiger partial charge in [-0.05, 0) is 44.0 Å². The van der Waals surface area contributed by atoms with E-state index in [4.69, 9.17) is 9.51 Å². The number of benzene rings is 3. The van der Waals surface area contributed by atoms with Gasteiger partial charge in [-0.25, -0.2) is 4.79 Å². The summed E-state index contributed by atoms with van der Waals surface area (Å²) in [5.41, 5.74) is 6.35. The number of hydrogen-bond acceptors (Lipinski definition) is 4. The molecule has 1 aromatic heterocycles. The van der Waals surface area contributed by atoms with Gasteiger partial charge in [0.15, 0.2) is 0 Å². The molecular weight excluding hydrogens is 412 g/mol. The zero-order valence-corrected chi connectivity index (χ0v) is 18.7. The molecule has 2 heterocycles. The third-order valence-electron chi connectivity index (χ3n) is 5.84. The van der Waals surface area contributed by atoms with Gasteiger partial charge in [-0.2, -0.15) is 4.98 Å². The third-order valence-corrected chi connectivity index (χ3v) is 5.84. The zero-order valence-electron chi connectivity index (χ0n) is 18.7. The maximum absolute atomic E-state index is 13.2. The van der Waals surface area contributed by atoms with E-state index < -0.39 is 6.04 Å². The highest BCUT2D eigenvalue weighted by atomic mass is 16.5. The molecule has 1 aliphatic heterocycles. The first kappa shape index (κ1) is 20.7. The Hall–Kier alpha value is -4.19. The molecule has 33 heavy (non-hydrogen) atoms. The molecule has 0 aliphatic carbocycles. The van der Waals surface area contributed by atoms with Gasteiger partial charge >= 0.3 is 6.03 Å². The van der Waals surface area contributed by atoms with Gasteiger partial charge in [0.1, 0.15) is 0 Å². The normalized spacial score (nSPS) is 16.2. The molecule has 164 valence electrons. The van der Waals surface area contributed by atoms with E-state index in [1.54, 1.807) is 4.90 Å². The average molecular weight is 437 g/mol. The van der Waals surface area contributed by atoms with Crippen LogP contribution >= 0.6 is 0 Å². The van der Waals surface area contributed by atoms with Crippen LogP contribution in [-0.2, 0) is 0 Å². The van der Waals surface area contributed by atoms with Crippen molar-refractivity contribution < 1.29 is 9.32 Å². The van der Waals surface area contributed by atoms with Crippen LogP contribution in [0.1, 0.15) is 35.5 Å². The van der Waals surface area contributed by atoms with Gasteiger partial charge in [0.05, 0.1) is 17.3 Å². The van der Waals surface area contributed by atoms with Gasteiger partial charge in [0.2, 0.25) is 5.82 Å². The van der Waals surface area contributed by atoms with Crippen LogP contribution in [0, 0.1) is 13.8 Å². The topological polar surface area (TPSA) is 71.3 Å². The van der Waals surface area contributed by atoms with Crippen LogP contribution < -0.4 is 10.2 Å². The van der Waals surface area contributed by atoms with Gasteiger partial charge < -0.3 is 9.84 Å². The quantitative estimate of drug-likeness (QED) is 0.422. The van der Waals surface area contributed by atoms with Gasteiger partial charge in [-0.1, -0.05) is 77.5 Å². The van der Waals surface area contributed by atoms with Gasteiger partial charge in [-0.15, -0.1) is 0 Å². The molecule has 6 nitrogen and oxygen atoms in total. The molecule has 0 spiro atoms. The molecule has 1 atom stereocenters. The standard InChI is InChI=1S/C27H24N4O2/c1-17-12-14-21(15-13-17)25-29-26(33-30-25)23-19(3)31(22-11-7-8-18(2)16-22)27(32)28-24(23)20-9-5-4-6-10-20/h4-16,24H,1-3H3,(H,28,32). The van der Waals surface area contributed by atoms with E-state index in [1.807, 2.05) is 99.6 Å². The fourth-order valence-corrected chi connectivity index (χ4v) is 4.15. The lowest BCUT2D eigenvalue weighted by molar-refractivity contribution is 0.244. The largest absolute Gasteiger partial charge is 0.334 e. The summed E-state index contributed by atoms with van der Waals surface area (Å²) >= 11 is 0. The molecule has 2 amide bonds. The fraction of sp³-hybridized carbons (Fsp3) is 0.148. The monoisotopic (exact) mass is 436 g/mol. The van der Waals surface area contributed by atoms with Crippen molar-refractivity contribution in [3.63, 3.8) is 0 Å². The molecule has 0 radical (unpaired) electrons. The molecular formula is C27H24N4O2. The van der Waals surface area contributed by atoms with Crippen molar-refractivity contribution >= 4 is 17.3 Å². The third kappa shape index (κ3) is 3.91. The average Bonchev–Trinajstić information content (AvgIpc) is 3.29. The highest BCUT2D eigenvalue weighted by Gasteiger charge is 2.36. The molecule has 0 saturated carbocycles. The van der Waals surface area contributed by atoms with Gasteiger partial charge in [-0.3, -0.25) is 4.90 Å². The Labute approximate surface area is 192 Å². The molecule has 1 unspecified atom stereocenters. The van der Waals surface area contributed by atoms with E-state index >= 15 is 0 Å². The Morgan fingerprint density at radius 2 is 1.64 bits per heavy atom. The Kier molecular flexibility index (Phi) is 5.26. The van der Waals surface area contributed by atoms with Crippen molar-refractivity contribution in [1.82, 2.24) is 15.5 Å². The molecule has 0 saturated heterocycles. The molecule has 6 heteroatoms. The summed E-state index contributed by atoms with van der Waals surface area (Å²) in [6.45, 7) is 5.96. The maximum atomic E-state index is 13.2. The number of allylic oxidation sites excluding steroid dienone is 1. The van der Waals surface area contributed by atoms with Crippen LogP contribution in [0.3, 0.4) is 0 Å². The maximum Gasteiger partial charge on any atom is 0.326 e. The summed E-state index contributed by atoms with van der Waals surface area (Å²) in [5, 5.41) is 7.37. The Balaban J connectivity index is 1.65. The molecule has 0 bridgehead atoms. The van der Waals surface area contributed by atoms with Crippen molar-refractivity contribution in [1.29, 1.82) is 0 Å². The Morgan fingerprint density at radius 1 is 0.879 bits per heavy atom. The molecule has 4 aromatic rings. The number of rotatable bonds is 4. The lowest BCUT2D eigenvalue weighted by Gasteiger charge is -2.35. The van der Waals surface area contributed by atoms with Crippen molar-refractivity contribution in [2.24, 2.45) is 0 Å². The van der Waals surface area contributed by atoms with E-state index in [1.165, 1.54) is 0 Å². The number of amides is 2. The van der Waals surface area contributed by atoms with E-state index in [9.17, 15) is 4.79 Å². The number of nitrogens with one attached hydrogen (secondary N) is 1. The van der Waals surface area contributed by atoms with E-state index in [0.717, 1.165) is 39.2 Å². The van der Waals surface area contributed by atoms with Gasteiger partial charge in [0.25, 0.3) is 5.89 Å². The summed E-state index contributed by atoms with van der Waals surface area (Å²) in [6.07, 6.45) is 0. The first-order valence-corrected chi connectivity index (χ1v) is 10.9. The number of anilines is 1. The fourth-order valence-electron chi connectivity index (χ4n) is 4.15. The molecule has 1 aliphatic rings. The molecule has 1 N–H and O–H groups in total. The van der Waals surface area contributed by atoms with Crippen molar-refractivity contribution in [3.8, 4) is 11.4 Å². The van der Waals surface area contributed by atoms with Gasteiger partial charge in [0, 0.05) is 11.3 Å². The summed E-state index contributed by atoms with van der Waals surface area (Å²) in [7, 11) is 0. The smallest absolute Gasteiger partial charge is 0.326 e. The minimum atomic E-state index is -0.411. The molecule has 3 aromatic carbocycles. The number of carbonyl (C=O) groups is 1. The van der Waals surface area contributed by atoms with Crippen LogP contribution in [0.25, 0.3) is 17.0 Å². The number of urea groups is 1.